The number of fused-ring (bicyclic) bond motifs is 9. The Morgan fingerprint density at radius 2 is 0.807 bits per heavy atom. The van der Waals surface area contributed by atoms with Crippen LogP contribution in [-0.2, 0) is 0 Å². The molecule has 0 unspecified atom stereocenters. The second-order valence-electron chi connectivity index (χ2n) is 14.5. The molecule has 5 nitrogen and oxygen atoms in total. The second kappa shape index (κ2) is 12.4. The number of hydrogen-bond donors (Lipinski definition) is 0. The highest BCUT2D eigenvalue weighted by Gasteiger charge is 2.27. The Labute approximate surface area is 327 Å². The number of rotatable bonds is 5. The minimum absolute atomic E-state index is 0.649. The van der Waals surface area contributed by atoms with Crippen LogP contribution in [0.25, 0.3) is 111 Å². The number of nitrogens with zero attached hydrogens (tertiary/aromatic N) is 4. The maximum Gasteiger partial charge on any atom is 0.160 e. The fourth-order valence-corrected chi connectivity index (χ4v) is 8.88. The summed E-state index contributed by atoms with van der Waals surface area (Å²) in [6.45, 7) is 0. The van der Waals surface area contributed by atoms with Crippen molar-refractivity contribution in [3.63, 3.8) is 0 Å². The van der Waals surface area contributed by atoms with E-state index in [4.69, 9.17) is 14.4 Å². The summed E-state index contributed by atoms with van der Waals surface area (Å²) in [5.74, 6) is 0.649. The van der Waals surface area contributed by atoms with E-state index >= 15 is 0 Å². The Morgan fingerprint density at radius 3 is 1.37 bits per heavy atom. The Kier molecular flexibility index (Phi) is 6.86. The van der Waals surface area contributed by atoms with Crippen molar-refractivity contribution < 1.29 is 4.42 Å². The Morgan fingerprint density at radius 1 is 0.368 bits per heavy atom. The SMILES string of the molecule is c1ccc(-c2cc(-c3c(-n4c5ccccc5c5ccccc54)cc(-n4c5ccccc5c5ccccc54)c4c3oc3ccccc34)nc(-c3ccccc3)n2)cc1. The molecule has 0 N–H and O–H groups in total. The van der Waals surface area contributed by atoms with Crippen LogP contribution in [0.4, 0.5) is 0 Å². The minimum atomic E-state index is 0.649. The predicted octanol–water partition coefficient (Wildman–Crippen LogP) is 13.6. The van der Waals surface area contributed by atoms with E-state index in [0.717, 1.165) is 83.5 Å². The zero-order valence-electron chi connectivity index (χ0n) is 30.7. The summed E-state index contributed by atoms with van der Waals surface area (Å²) >= 11 is 0. The monoisotopic (exact) mass is 728 g/mol. The maximum atomic E-state index is 7.17. The topological polar surface area (TPSA) is 48.8 Å². The molecule has 0 bridgehead atoms. The van der Waals surface area contributed by atoms with E-state index in [1.54, 1.807) is 0 Å². The molecule has 57 heavy (non-hydrogen) atoms. The van der Waals surface area contributed by atoms with E-state index in [1.165, 1.54) is 21.5 Å². The van der Waals surface area contributed by atoms with Crippen molar-refractivity contribution in [2.45, 2.75) is 0 Å². The first kappa shape index (κ1) is 31.6. The van der Waals surface area contributed by atoms with Crippen molar-refractivity contribution in [2.24, 2.45) is 0 Å². The van der Waals surface area contributed by atoms with Crippen LogP contribution < -0.4 is 0 Å². The first-order valence-corrected chi connectivity index (χ1v) is 19.3. The van der Waals surface area contributed by atoms with E-state index in [-0.39, 0.29) is 0 Å². The smallest absolute Gasteiger partial charge is 0.160 e. The second-order valence-corrected chi connectivity index (χ2v) is 14.5. The van der Waals surface area contributed by atoms with E-state index in [0.29, 0.717) is 5.82 Å². The van der Waals surface area contributed by atoms with Gasteiger partial charge in [0.05, 0.1) is 55.8 Å². The summed E-state index contributed by atoms with van der Waals surface area (Å²) < 4.78 is 12.0. The van der Waals surface area contributed by atoms with E-state index in [1.807, 2.05) is 30.3 Å². The molecule has 0 atom stereocenters. The van der Waals surface area contributed by atoms with Gasteiger partial charge < -0.3 is 13.6 Å². The summed E-state index contributed by atoms with van der Waals surface area (Å²) in [7, 11) is 0. The molecular weight excluding hydrogens is 697 g/mol. The summed E-state index contributed by atoms with van der Waals surface area (Å²) in [5, 5.41) is 6.83. The standard InChI is InChI=1S/C52H32N4O/c1-3-17-33(18-4-1)40-31-41(54-52(53-40)34-19-5-2-6-20-34)50-47(56-44-28-14-9-23-37(44)38-24-10-15-29-45(38)56)32-46(49-39-25-11-16-30-48(39)57-51(49)50)55-42-26-12-7-21-35(42)36-22-8-13-27-43(36)55/h1-32H. The number of para-hydroxylation sites is 5. The Balaban J connectivity index is 1.31. The third-order valence-electron chi connectivity index (χ3n) is 11.3. The van der Waals surface area contributed by atoms with Gasteiger partial charge in [0, 0.05) is 38.1 Å². The molecular formula is C52H32N4O. The number of benzene rings is 8. The highest BCUT2D eigenvalue weighted by Crippen LogP contribution is 2.47. The number of furan rings is 1. The van der Waals surface area contributed by atoms with Crippen LogP contribution in [0.1, 0.15) is 0 Å². The predicted molar refractivity (Wildman–Crippen MR) is 234 cm³/mol. The maximum absolute atomic E-state index is 7.17. The van der Waals surface area contributed by atoms with Gasteiger partial charge in [0.1, 0.15) is 11.2 Å². The van der Waals surface area contributed by atoms with Gasteiger partial charge in [-0.1, -0.05) is 152 Å². The molecule has 0 aliphatic rings. The lowest BCUT2D eigenvalue weighted by Gasteiger charge is -2.19. The van der Waals surface area contributed by atoms with Crippen LogP contribution in [0, 0.1) is 0 Å². The molecule has 12 aromatic rings. The van der Waals surface area contributed by atoms with Gasteiger partial charge in [-0.25, -0.2) is 9.97 Å². The summed E-state index contributed by atoms with van der Waals surface area (Å²) in [6.07, 6.45) is 0. The van der Waals surface area contributed by atoms with Crippen LogP contribution in [0.3, 0.4) is 0 Å². The van der Waals surface area contributed by atoms with Crippen molar-refractivity contribution in [2.75, 3.05) is 0 Å². The highest BCUT2D eigenvalue weighted by atomic mass is 16.3. The van der Waals surface area contributed by atoms with Crippen molar-refractivity contribution >= 4 is 65.6 Å². The third kappa shape index (κ3) is 4.76. The molecule has 4 heterocycles. The first-order valence-electron chi connectivity index (χ1n) is 19.3. The van der Waals surface area contributed by atoms with Crippen LogP contribution in [0.15, 0.2) is 199 Å². The van der Waals surface area contributed by atoms with E-state index in [2.05, 4.69) is 173 Å². The number of aromatic nitrogens is 4. The van der Waals surface area contributed by atoms with Crippen LogP contribution in [0.2, 0.25) is 0 Å². The molecule has 266 valence electrons. The fourth-order valence-electron chi connectivity index (χ4n) is 8.88. The molecule has 0 aliphatic heterocycles. The molecule has 0 aliphatic carbocycles. The normalized spacial score (nSPS) is 11.9. The lowest BCUT2D eigenvalue weighted by Crippen LogP contribution is -2.04. The largest absolute Gasteiger partial charge is 0.455 e. The molecule has 12 rings (SSSR count). The molecule has 5 heteroatoms. The van der Waals surface area contributed by atoms with Gasteiger partial charge in [-0.2, -0.15) is 0 Å². The van der Waals surface area contributed by atoms with Gasteiger partial charge in [-0.05, 0) is 42.5 Å². The van der Waals surface area contributed by atoms with Crippen molar-refractivity contribution in [1.29, 1.82) is 0 Å². The molecule has 0 fully saturated rings. The molecule has 0 spiro atoms. The third-order valence-corrected chi connectivity index (χ3v) is 11.3. The van der Waals surface area contributed by atoms with Crippen molar-refractivity contribution in [1.82, 2.24) is 19.1 Å². The summed E-state index contributed by atoms with van der Waals surface area (Å²) in [6, 6.07) is 68.2. The van der Waals surface area contributed by atoms with Crippen LogP contribution in [-0.4, -0.2) is 19.1 Å². The van der Waals surface area contributed by atoms with Gasteiger partial charge in [-0.3, -0.25) is 0 Å². The van der Waals surface area contributed by atoms with Gasteiger partial charge in [-0.15, -0.1) is 0 Å². The Hall–Kier alpha value is -7.76. The molecule has 0 radical (unpaired) electrons. The Bertz CT molecular complexity index is 3360. The molecule has 0 amide bonds. The van der Waals surface area contributed by atoms with E-state index in [9.17, 15) is 0 Å². The van der Waals surface area contributed by atoms with Gasteiger partial charge in [0.2, 0.25) is 0 Å². The zero-order valence-corrected chi connectivity index (χ0v) is 30.7. The summed E-state index contributed by atoms with van der Waals surface area (Å²) in [5.41, 5.74) is 12.5. The molecule has 4 aromatic heterocycles. The first-order chi connectivity index (χ1) is 28.3. The minimum Gasteiger partial charge on any atom is -0.455 e. The van der Waals surface area contributed by atoms with Crippen LogP contribution >= 0.6 is 0 Å². The van der Waals surface area contributed by atoms with Crippen LogP contribution in [0.5, 0.6) is 0 Å². The number of hydrogen-bond acceptors (Lipinski definition) is 3. The molecule has 0 saturated heterocycles. The van der Waals surface area contributed by atoms with Crippen molar-refractivity contribution in [3.8, 4) is 45.3 Å². The van der Waals surface area contributed by atoms with Gasteiger partial charge in [0.25, 0.3) is 0 Å². The molecule has 8 aromatic carbocycles. The fraction of sp³-hybridized carbons (Fsp3) is 0. The van der Waals surface area contributed by atoms with E-state index < -0.39 is 0 Å². The lowest BCUT2D eigenvalue weighted by molar-refractivity contribution is 0.669. The van der Waals surface area contributed by atoms with Gasteiger partial charge >= 0.3 is 0 Å². The van der Waals surface area contributed by atoms with Crippen molar-refractivity contribution in [3.05, 3.63) is 194 Å². The summed E-state index contributed by atoms with van der Waals surface area (Å²) in [4.78, 5) is 10.6. The average Bonchev–Trinajstić information content (AvgIpc) is 3.95. The average molecular weight is 729 g/mol. The zero-order chi connectivity index (χ0) is 37.5. The highest BCUT2D eigenvalue weighted by molar-refractivity contribution is 6.19. The van der Waals surface area contributed by atoms with Gasteiger partial charge in [0.15, 0.2) is 5.82 Å². The molecule has 0 saturated carbocycles. The quantitative estimate of drug-likeness (QED) is 0.177. The lowest BCUT2D eigenvalue weighted by atomic mass is 9.99.